The van der Waals surface area contributed by atoms with Crippen LogP contribution in [0, 0.1) is 0 Å². The van der Waals surface area contributed by atoms with Gasteiger partial charge < -0.3 is 0 Å². The number of carbonyl (C=O) groups excluding carboxylic acids is 4. The monoisotopic (exact) mass is 459 g/mol. The molecule has 1 aliphatic carbocycles. The van der Waals surface area contributed by atoms with Gasteiger partial charge in [-0.15, -0.1) is 5.10 Å². The van der Waals surface area contributed by atoms with Crippen molar-refractivity contribution < 1.29 is 19.2 Å². The first-order valence-corrected chi connectivity index (χ1v) is 11.2. The molecule has 4 heterocycles. The van der Waals surface area contributed by atoms with Crippen molar-refractivity contribution in [3.05, 3.63) is 52.5 Å². The van der Waals surface area contributed by atoms with E-state index in [4.69, 9.17) is 0 Å². The summed E-state index contributed by atoms with van der Waals surface area (Å²) >= 11 is 0. The van der Waals surface area contributed by atoms with Crippen LogP contribution in [0.5, 0.6) is 0 Å². The second-order valence-corrected chi connectivity index (χ2v) is 8.86. The summed E-state index contributed by atoms with van der Waals surface area (Å²) in [4.78, 5) is 50.6. The number of hydrogen-bond donors (Lipinski definition) is 1. The summed E-state index contributed by atoms with van der Waals surface area (Å²) in [7, 11) is 1.96. The third kappa shape index (κ3) is 3.07. The lowest BCUT2D eigenvalue weighted by molar-refractivity contribution is -0.136. The fourth-order valence-electron chi connectivity index (χ4n) is 5.12. The molecule has 2 aliphatic heterocycles. The van der Waals surface area contributed by atoms with Crippen LogP contribution in [0.3, 0.4) is 0 Å². The first-order chi connectivity index (χ1) is 16.4. The van der Waals surface area contributed by atoms with E-state index in [1.54, 1.807) is 29.1 Å². The van der Waals surface area contributed by atoms with Gasteiger partial charge in [-0.1, -0.05) is 11.3 Å². The molecule has 1 saturated heterocycles. The standard InChI is InChI=1S/C23H21N7O4/c1-28-18-4-2-3-14(18)17(26-28)11-29-10-16(25-27-29)12-5-6-13-15(9-12)23(34)30(22(13)33)19-7-8-20(31)24-21(19)32/h5-6,9-10,19H,2-4,7-8,11H2,1H3,(H,24,31,32). The highest BCUT2D eigenvalue weighted by molar-refractivity contribution is 6.23. The van der Waals surface area contributed by atoms with E-state index >= 15 is 0 Å². The number of amides is 4. The molecule has 2 aromatic heterocycles. The van der Waals surface area contributed by atoms with Crippen molar-refractivity contribution in [3.63, 3.8) is 0 Å². The Labute approximate surface area is 193 Å². The van der Waals surface area contributed by atoms with Crippen LogP contribution in [0.25, 0.3) is 11.3 Å². The van der Waals surface area contributed by atoms with Crippen LogP contribution in [-0.4, -0.2) is 59.3 Å². The summed E-state index contributed by atoms with van der Waals surface area (Å²) < 4.78 is 3.65. The number of aryl methyl sites for hydroxylation is 1. The molecule has 172 valence electrons. The minimum Gasteiger partial charge on any atom is -0.295 e. The highest BCUT2D eigenvalue weighted by Crippen LogP contribution is 2.31. The fraction of sp³-hybridized carbons (Fsp3) is 0.348. The highest BCUT2D eigenvalue weighted by atomic mass is 16.2. The third-order valence-electron chi connectivity index (χ3n) is 6.78. The minimum atomic E-state index is -0.991. The van der Waals surface area contributed by atoms with Gasteiger partial charge in [0.1, 0.15) is 11.7 Å². The fourth-order valence-corrected chi connectivity index (χ4v) is 5.12. The summed E-state index contributed by atoms with van der Waals surface area (Å²) in [6, 6.07) is 3.90. The number of aromatic nitrogens is 5. The van der Waals surface area contributed by atoms with Crippen molar-refractivity contribution in [2.75, 3.05) is 0 Å². The van der Waals surface area contributed by atoms with Crippen LogP contribution < -0.4 is 5.32 Å². The van der Waals surface area contributed by atoms with E-state index in [2.05, 4.69) is 20.7 Å². The Kier molecular flexibility index (Phi) is 4.48. The number of piperidine rings is 1. The summed E-state index contributed by atoms with van der Waals surface area (Å²) in [5.41, 5.74) is 5.20. The van der Waals surface area contributed by atoms with E-state index in [-0.39, 0.29) is 24.0 Å². The average molecular weight is 459 g/mol. The van der Waals surface area contributed by atoms with Crippen LogP contribution in [0.1, 0.15) is 56.9 Å². The number of carbonyl (C=O) groups is 4. The van der Waals surface area contributed by atoms with Crippen LogP contribution in [0.15, 0.2) is 24.4 Å². The van der Waals surface area contributed by atoms with Gasteiger partial charge in [-0.2, -0.15) is 5.10 Å². The van der Waals surface area contributed by atoms with Gasteiger partial charge in [0.25, 0.3) is 11.8 Å². The molecule has 0 saturated carbocycles. The van der Waals surface area contributed by atoms with Gasteiger partial charge in [-0.25, -0.2) is 4.68 Å². The zero-order valence-corrected chi connectivity index (χ0v) is 18.4. The molecule has 4 amide bonds. The van der Waals surface area contributed by atoms with E-state index in [9.17, 15) is 19.2 Å². The molecule has 0 radical (unpaired) electrons. The lowest BCUT2D eigenvalue weighted by Gasteiger charge is -2.27. The van der Waals surface area contributed by atoms with E-state index in [1.165, 1.54) is 11.3 Å². The van der Waals surface area contributed by atoms with Gasteiger partial charge in [0, 0.05) is 24.7 Å². The molecule has 1 N–H and O–H groups in total. The number of hydrogen-bond acceptors (Lipinski definition) is 7. The van der Waals surface area contributed by atoms with Gasteiger partial charge >= 0.3 is 0 Å². The van der Waals surface area contributed by atoms with Gasteiger partial charge in [-0.3, -0.25) is 34.1 Å². The molecule has 11 nitrogen and oxygen atoms in total. The van der Waals surface area contributed by atoms with Crippen LogP contribution in [-0.2, 0) is 36.0 Å². The van der Waals surface area contributed by atoms with Crippen molar-refractivity contribution in [3.8, 4) is 11.3 Å². The number of rotatable bonds is 4. The number of benzene rings is 1. The molecule has 3 aromatic rings. The van der Waals surface area contributed by atoms with Crippen molar-refractivity contribution in [1.82, 2.24) is 35.0 Å². The molecular weight excluding hydrogens is 438 g/mol. The maximum absolute atomic E-state index is 13.1. The predicted molar refractivity (Wildman–Crippen MR) is 116 cm³/mol. The molecular formula is C23H21N7O4. The lowest BCUT2D eigenvalue weighted by atomic mass is 10.0. The van der Waals surface area contributed by atoms with Crippen LogP contribution in [0.2, 0.25) is 0 Å². The molecule has 1 fully saturated rings. The van der Waals surface area contributed by atoms with Crippen molar-refractivity contribution in [2.24, 2.45) is 7.05 Å². The van der Waals surface area contributed by atoms with Crippen LogP contribution >= 0.6 is 0 Å². The molecule has 1 unspecified atom stereocenters. The summed E-state index contributed by atoms with van der Waals surface area (Å²) in [5.74, 6) is -2.12. The van der Waals surface area contributed by atoms with E-state index < -0.39 is 29.7 Å². The van der Waals surface area contributed by atoms with Crippen molar-refractivity contribution in [2.45, 2.75) is 44.7 Å². The maximum atomic E-state index is 13.1. The Morgan fingerprint density at radius 3 is 2.71 bits per heavy atom. The SMILES string of the molecule is Cn1nc(Cn2cc(-c3ccc4c(c3)C(=O)N(C3CCC(=O)NC3=O)C4=O)nn2)c2c1CCC2. The Morgan fingerprint density at radius 1 is 1.06 bits per heavy atom. The molecule has 0 spiro atoms. The zero-order chi connectivity index (χ0) is 23.6. The summed E-state index contributed by atoms with van der Waals surface area (Å²) in [6.07, 6.45) is 5.18. The second kappa shape index (κ2) is 7.44. The van der Waals surface area contributed by atoms with Crippen molar-refractivity contribution >= 4 is 23.6 Å². The smallest absolute Gasteiger partial charge is 0.262 e. The first-order valence-electron chi connectivity index (χ1n) is 11.2. The van der Waals surface area contributed by atoms with E-state index in [1.807, 2.05) is 11.7 Å². The quantitative estimate of drug-likeness (QED) is 0.566. The topological polar surface area (TPSA) is 132 Å². The maximum Gasteiger partial charge on any atom is 0.262 e. The summed E-state index contributed by atoms with van der Waals surface area (Å²) in [6.45, 7) is 0.502. The Bertz CT molecular complexity index is 1400. The predicted octanol–water partition coefficient (Wildman–Crippen LogP) is 0.617. The van der Waals surface area contributed by atoms with Crippen LogP contribution in [0.4, 0.5) is 0 Å². The molecule has 1 atom stereocenters. The minimum absolute atomic E-state index is 0.0810. The lowest BCUT2D eigenvalue weighted by Crippen LogP contribution is -2.54. The Balaban J connectivity index is 1.26. The van der Waals surface area contributed by atoms with E-state index in [0.717, 1.165) is 29.9 Å². The Morgan fingerprint density at radius 2 is 1.88 bits per heavy atom. The zero-order valence-electron chi connectivity index (χ0n) is 18.4. The first kappa shape index (κ1) is 20.5. The molecule has 1 aromatic carbocycles. The summed E-state index contributed by atoms with van der Waals surface area (Å²) in [5, 5.41) is 15.3. The second-order valence-electron chi connectivity index (χ2n) is 8.86. The van der Waals surface area contributed by atoms with E-state index in [0.29, 0.717) is 17.8 Å². The molecule has 0 bridgehead atoms. The van der Waals surface area contributed by atoms with Gasteiger partial charge in [0.2, 0.25) is 11.8 Å². The number of nitrogens with zero attached hydrogens (tertiary/aromatic N) is 6. The Hall–Kier alpha value is -4.15. The molecule has 11 heteroatoms. The van der Waals surface area contributed by atoms with Crippen molar-refractivity contribution in [1.29, 1.82) is 0 Å². The van der Waals surface area contributed by atoms with Gasteiger partial charge in [0.05, 0.1) is 29.6 Å². The normalized spacial score (nSPS) is 19.6. The average Bonchev–Trinajstić information content (AvgIpc) is 3.57. The number of nitrogens with one attached hydrogen (secondary N) is 1. The number of imide groups is 2. The molecule has 34 heavy (non-hydrogen) atoms. The van der Waals surface area contributed by atoms with Gasteiger partial charge in [0.15, 0.2) is 0 Å². The number of fused-ring (bicyclic) bond motifs is 2. The molecule has 6 rings (SSSR count). The highest BCUT2D eigenvalue weighted by Gasteiger charge is 2.44. The molecule has 3 aliphatic rings. The largest absolute Gasteiger partial charge is 0.295 e. The van der Waals surface area contributed by atoms with Gasteiger partial charge in [-0.05, 0) is 43.4 Å². The third-order valence-corrected chi connectivity index (χ3v) is 6.78.